The zero-order valence-electron chi connectivity index (χ0n) is 19.9. The van der Waals surface area contributed by atoms with Gasteiger partial charge in [-0.25, -0.2) is 17.5 Å². The van der Waals surface area contributed by atoms with E-state index < -0.39 is 21.7 Å². The Morgan fingerprint density at radius 1 is 1.11 bits per heavy atom. The standard InChI is InChI=1S/C27H28FN3O4S/c1-36(33,34)30-27(32)23-13-22(19-7-8-19)25(14-24(23)28)35-17-18-15-31(16-18)26(20-5-3-2-4-6-20)21-9-11-29-12-10-21/h2-6,9-14,18-19,26H,7-8,15-17H2,1H3,(H,30,32)/t26-/m0/s1. The molecule has 1 atom stereocenters. The number of pyridine rings is 1. The molecule has 2 fully saturated rings. The monoisotopic (exact) mass is 509 g/mol. The number of aromatic nitrogens is 1. The Morgan fingerprint density at radius 2 is 1.78 bits per heavy atom. The number of halogens is 1. The molecule has 1 aliphatic carbocycles. The lowest BCUT2D eigenvalue weighted by molar-refractivity contribution is 0.0375. The normalized spacial score (nSPS) is 17.3. The quantitative estimate of drug-likeness (QED) is 0.471. The van der Waals surface area contributed by atoms with E-state index in [1.807, 2.05) is 35.1 Å². The van der Waals surface area contributed by atoms with Crippen LogP contribution in [-0.2, 0) is 10.0 Å². The first-order valence-corrected chi connectivity index (χ1v) is 13.8. The SMILES string of the molecule is CS(=O)(=O)NC(=O)c1cc(C2CC2)c(OCC2CN([C@@H](c3ccccc3)c3ccncc3)C2)cc1F. The van der Waals surface area contributed by atoms with E-state index in [2.05, 4.69) is 22.0 Å². The van der Waals surface area contributed by atoms with Gasteiger partial charge in [-0.2, -0.15) is 0 Å². The summed E-state index contributed by atoms with van der Waals surface area (Å²) in [5.74, 6) is -0.870. The van der Waals surface area contributed by atoms with Gasteiger partial charge in [0.2, 0.25) is 10.0 Å². The molecule has 0 bridgehead atoms. The van der Waals surface area contributed by atoms with E-state index in [1.165, 1.54) is 23.3 Å². The van der Waals surface area contributed by atoms with Crippen LogP contribution in [0.25, 0.3) is 0 Å². The van der Waals surface area contributed by atoms with Crippen LogP contribution in [0.2, 0.25) is 0 Å². The van der Waals surface area contributed by atoms with Crippen LogP contribution in [0, 0.1) is 11.7 Å². The summed E-state index contributed by atoms with van der Waals surface area (Å²) in [5, 5.41) is 0. The first-order chi connectivity index (χ1) is 17.3. The smallest absolute Gasteiger partial charge is 0.267 e. The lowest BCUT2D eigenvalue weighted by atomic mass is 9.91. The van der Waals surface area contributed by atoms with Crippen LogP contribution in [0.4, 0.5) is 4.39 Å². The van der Waals surface area contributed by atoms with Gasteiger partial charge in [0.25, 0.3) is 5.91 Å². The number of sulfonamides is 1. The van der Waals surface area contributed by atoms with Gasteiger partial charge in [-0.1, -0.05) is 30.3 Å². The fraction of sp³-hybridized carbons (Fsp3) is 0.333. The highest BCUT2D eigenvalue weighted by Crippen LogP contribution is 2.45. The second-order valence-corrected chi connectivity index (χ2v) is 11.3. The van der Waals surface area contributed by atoms with Gasteiger partial charge in [-0.15, -0.1) is 0 Å². The van der Waals surface area contributed by atoms with Crippen molar-refractivity contribution in [2.45, 2.75) is 24.8 Å². The minimum Gasteiger partial charge on any atom is -0.493 e. The summed E-state index contributed by atoms with van der Waals surface area (Å²) in [6.45, 7) is 2.10. The third kappa shape index (κ3) is 5.57. The highest BCUT2D eigenvalue weighted by molar-refractivity contribution is 7.89. The van der Waals surface area contributed by atoms with Crippen molar-refractivity contribution in [1.29, 1.82) is 0 Å². The maximum atomic E-state index is 14.8. The van der Waals surface area contributed by atoms with E-state index in [1.54, 1.807) is 12.4 Å². The largest absolute Gasteiger partial charge is 0.493 e. The van der Waals surface area contributed by atoms with Gasteiger partial charge in [0.15, 0.2) is 0 Å². The maximum Gasteiger partial charge on any atom is 0.267 e. The molecule has 0 spiro atoms. The average Bonchev–Trinajstić information content (AvgIpc) is 3.66. The first kappa shape index (κ1) is 24.4. The van der Waals surface area contributed by atoms with Crippen molar-refractivity contribution in [3.63, 3.8) is 0 Å². The predicted octanol–water partition coefficient (Wildman–Crippen LogP) is 3.89. The number of hydrogen-bond donors (Lipinski definition) is 1. The van der Waals surface area contributed by atoms with E-state index in [0.29, 0.717) is 12.4 Å². The van der Waals surface area contributed by atoms with Crippen LogP contribution in [0.5, 0.6) is 5.75 Å². The minimum atomic E-state index is -3.79. The minimum absolute atomic E-state index is 0.123. The third-order valence-corrected chi connectivity index (χ3v) is 7.16. The molecular weight excluding hydrogens is 481 g/mol. The Kier molecular flexibility index (Phi) is 6.77. The van der Waals surface area contributed by atoms with E-state index in [0.717, 1.165) is 37.8 Å². The van der Waals surface area contributed by atoms with Crippen LogP contribution < -0.4 is 9.46 Å². The van der Waals surface area contributed by atoms with E-state index in [9.17, 15) is 17.6 Å². The zero-order chi connectivity index (χ0) is 25.3. The summed E-state index contributed by atoms with van der Waals surface area (Å²) in [7, 11) is -3.79. The third-order valence-electron chi connectivity index (χ3n) is 6.60. The van der Waals surface area contributed by atoms with Crippen molar-refractivity contribution >= 4 is 15.9 Å². The number of carbonyl (C=O) groups excluding carboxylic acids is 1. The summed E-state index contributed by atoms with van der Waals surface area (Å²) >= 11 is 0. The molecule has 2 aliphatic rings. The van der Waals surface area contributed by atoms with Gasteiger partial charge in [0.1, 0.15) is 11.6 Å². The van der Waals surface area contributed by atoms with Gasteiger partial charge < -0.3 is 4.74 Å². The molecule has 188 valence electrons. The fourth-order valence-corrected chi connectivity index (χ4v) is 5.18. The Bertz CT molecular complexity index is 1300. The molecule has 1 aromatic heterocycles. The molecule has 3 aromatic rings. The van der Waals surface area contributed by atoms with Crippen LogP contribution >= 0.6 is 0 Å². The van der Waals surface area contributed by atoms with Gasteiger partial charge in [0, 0.05) is 37.5 Å². The molecule has 1 aliphatic heterocycles. The van der Waals surface area contributed by atoms with Crippen molar-refractivity contribution < 1.29 is 22.3 Å². The molecule has 9 heteroatoms. The Morgan fingerprint density at radius 3 is 2.42 bits per heavy atom. The summed E-state index contributed by atoms with van der Waals surface area (Å²) in [6.07, 6.45) is 6.33. The second kappa shape index (κ2) is 9.99. The molecule has 36 heavy (non-hydrogen) atoms. The molecule has 2 heterocycles. The van der Waals surface area contributed by atoms with Crippen LogP contribution in [0.15, 0.2) is 67.0 Å². The molecule has 1 amide bonds. The second-order valence-electron chi connectivity index (χ2n) is 9.57. The first-order valence-electron chi connectivity index (χ1n) is 12.0. The van der Waals surface area contributed by atoms with Crippen molar-refractivity contribution in [3.05, 3.63) is 95.1 Å². The van der Waals surface area contributed by atoms with Crippen LogP contribution in [-0.4, -0.2) is 50.2 Å². The van der Waals surface area contributed by atoms with Crippen molar-refractivity contribution in [2.24, 2.45) is 5.92 Å². The molecule has 2 aromatic carbocycles. The van der Waals surface area contributed by atoms with Crippen molar-refractivity contribution in [1.82, 2.24) is 14.6 Å². The average molecular weight is 510 g/mol. The van der Waals surface area contributed by atoms with Crippen molar-refractivity contribution in [3.8, 4) is 5.75 Å². The number of likely N-dealkylation sites (tertiary alicyclic amines) is 1. The topological polar surface area (TPSA) is 88.6 Å². The summed E-state index contributed by atoms with van der Waals surface area (Å²) in [6, 6.07) is 17.2. The summed E-state index contributed by atoms with van der Waals surface area (Å²) in [5.41, 5.74) is 2.86. The number of ether oxygens (including phenoxy) is 1. The Labute approximate surface area is 210 Å². The lowest BCUT2D eigenvalue weighted by Crippen LogP contribution is -2.51. The number of benzene rings is 2. The number of rotatable bonds is 9. The van der Waals surface area contributed by atoms with Gasteiger partial charge in [0.05, 0.1) is 24.5 Å². The number of amides is 1. The molecular formula is C27H28FN3O4S. The van der Waals surface area contributed by atoms with E-state index >= 15 is 0 Å². The number of nitrogens with zero attached hydrogens (tertiary/aromatic N) is 2. The molecule has 0 unspecified atom stereocenters. The molecule has 5 rings (SSSR count). The molecule has 1 saturated heterocycles. The number of nitrogens with one attached hydrogen (secondary N) is 1. The van der Waals surface area contributed by atoms with Gasteiger partial charge in [-0.05, 0) is 53.6 Å². The summed E-state index contributed by atoms with van der Waals surface area (Å²) in [4.78, 5) is 18.8. The highest BCUT2D eigenvalue weighted by Gasteiger charge is 2.35. The predicted molar refractivity (Wildman–Crippen MR) is 134 cm³/mol. The number of carbonyl (C=O) groups is 1. The molecule has 7 nitrogen and oxygen atoms in total. The van der Waals surface area contributed by atoms with Crippen LogP contribution in [0.3, 0.4) is 0 Å². The zero-order valence-corrected chi connectivity index (χ0v) is 20.7. The number of hydrogen-bond acceptors (Lipinski definition) is 6. The highest BCUT2D eigenvalue weighted by atomic mass is 32.2. The molecule has 1 N–H and O–H groups in total. The Hall–Kier alpha value is -3.30. The lowest BCUT2D eigenvalue weighted by Gasteiger charge is -2.44. The molecule has 0 radical (unpaired) electrons. The molecule has 1 saturated carbocycles. The van der Waals surface area contributed by atoms with E-state index in [-0.39, 0.29) is 23.4 Å². The van der Waals surface area contributed by atoms with Crippen LogP contribution in [0.1, 0.15) is 51.8 Å². The van der Waals surface area contributed by atoms with Gasteiger partial charge in [-0.3, -0.25) is 14.7 Å². The Balaban J connectivity index is 1.27. The fourth-order valence-electron chi connectivity index (χ4n) is 4.74. The van der Waals surface area contributed by atoms with E-state index in [4.69, 9.17) is 4.74 Å². The van der Waals surface area contributed by atoms with Gasteiger partial charge >= 0.3 is 0 Å². The summed E-state index contributed by atoms with van der Waals surface area (Å²) < 4.78 is 45.5. The van der Waals surface area contributed by atoms with Crippen molar-refractivity contribution in [2.75, 3.05) is 26.0 Å². The maximum absolute atomic E-state index is 14.8.